The minimum absolute atomic E-state index is 0.0856. The predicted octanol–water partition coefficient (Wildman–Crippen LogP) is 6.48. The van der Waals surface area contributed by atoms with E-state index in [2.05, 4.69) is 79.5 Å². The minimum Gasteiger partial charge on any atom is -0.364 e. The van der Waals surface area contributed by atoms with Crippen molar-refractivity contribution in [3.63, 3.8) is 0 Å². The van der Waals surface area contributed by atoms with Gasteiger partial charge in [-0.25, -0.2) is 9.97 Å². The van der Waals surface area contributed by atoms with Gasteiger partial charge in [-0.1, -0.05) is 32.9 Å². The molecule has 0 aromatic carbocycles. The SMILES string of the molecule is CC(C)(C)CC(C)(C)Nc1c(-c2ccc(C#Cc3ccccn3)s2)nc2ccccn12. The summed E-state index contributed by atoms with van der Waals surface area (Å²) >= 11 is 1.66. The number of hydrogen-bond acceptors (Lipinski definition) is 4. The van der Waals surface area contributed by atoms with Crippen LogP contribution in [0.15, 0.2) is 60.9 Å². The highest BCUT2D eigenvalue weighted by molar-refractivity contribution is 7.16. The molecule has 0 atom stereocenters. The highest BCUT2D eigenvalue weighted by Crippen LogP contribution is 2.37. The largest absolute Gasteiger partial charge is 0.364 e. The van der Waals surface area contributed by atoms with Crippen molar-refractivity contribution in [1.82, 2.24) is 14.4 Å². The number of imidazole rings is 1. The van der Waals surface area contributed by atoms with Crippen LogP contribution in [0.3, 0.4) is 0 Å². The number of fused-ring (bicyclic) bond motifs is 1. The van der Waals surface area contributed by atoms with Crippen molar-refractivity contribution in [3.8, 4) is 22.4 Å². The summed E-state index contributed by atoms with van der Waals surface area (Å²) in [6, 6.07) is 16.0. The lowest BCUT2D eigenvalue weighted by Crippen LogP contribution is -2.36. The molecule has 0 spiro atoms. The maximum Gasteiger partial charge on any atom is 0.140 e. The maximum atomic E-state index is 4.95. The van der Waals surface area contributed by atoms with Crippen LogP contribution in [0.2, 0.25) is 0 Å². The lowest BCUT2D eigenvalue weighted by Gasteiger charge is -2.34. The van der Waals surface area contributed by atoms with Crippen molar-refractivity contribution in [3.05, 3.63) is 71.5 Å². The van der Waals surface area contributed by atoms with E-state index in [9.17, 15) is 0 Å². The summed E-state index contributed by atoms with van der Waals surface area (Å²) in [6.07, 6.45) is 4.86. The van der Waals surface area contributed by atoms with E-state index in [1.807, 2.05) is 36.4 Å². The van der Waals surface area contributed by atoms with E-state index >= 15 is 0 Å². The molecule has 0 saturated heterocycles. The molecule has 0 amide bonds. The topological polar surface area (TPSA) is 42.2 Å². The molecule has 0 aliphatic heterocycles. The minimum atomic E-state index is -0.0856. The Hall–Kier alpha value is -3.10. The van der Waals surface area contributed by atoms with Crippen LogP contribution in [0.4, 0.5) is 5.82 Å². The van der Waals surface area contributed by atoms with Crippen molar-refractivity contribution in [2.45, 2.75) is 46.6 Å². The number of nitrogens with one attached hydrogen (secondary N) is 1. The molecule has 158 valence electrons. The van der Waals surface area contributed by atoms with Gasteiger partial charge in [-0.05, 0) is 73.9 Å². The Bertz CT molecular complexity index is 1250. The second-order valence-corrected chi connectivity index (χ2v) is 10.7. The number of aromatic nitrogens is 3. The van der Waals surface area contributed by atoms with Gasteiger partial charge in [0.1, 0.15) is 22.9 Å². The Balaban J connectivity index is 1.71. The van der Waals surface area contributed by atoms with Gasteiger partial charge in [-0.2, -0.15) is 0 Å². The average molecular weight is 429 g/mol. The molecule has 0 unspecified atom stereocenters. The Morgan fingerprint density at radius 2 is 1.77 bits per heavy atom. The van der Waals surface area contributed by atoms with Crippen LogP contribution in [0.1, 0.15) is 51.6 Å². The number of rotatable bonds is 4. The third kappa shape index (κ3) is 5.15. The zero-order valence-electron chi connectivity index (χ0n) is 18.7. The summed E-state index contributed by atoms with van der Waals surface area (Å²) in [7, 11) is 0. The molecule has 0 bridgehead atoms. The van der Waals surface area contributed by atoms with Crippen molar-refractivity contribution in [1.29, 1.82) is 0 Å². The molecule has 0 aliphatic rings. The lowest BCUT2D eigenvalue weighted by atomic mass is 9.82. The number of nitrogens with zero attached hydrogens (tertiary/aromatic N) is 3. The van der Waals surface area contributed by atoms with Gasteiger partial charge in [0.25, 0.3) is 0 Å². The Morgan fingerprint density at radius 3 is 2.52 bits per heavy atom. The van der Waals surface area contributed by atoms with Crippen LogP contribution in [-0.4, -0.2) is 19.9 Å². The third-order valence-electron chi connectivity index (χ3n) is 4.78. The van der Waals surface area contributed by atoms with E-state index < -0.39 is 0 Å². The second-order valence-electron chi connectivity index (χ2n) is 9.61. The fourth-order valence-electron chi connectivity index (χ4n) is 4.07. The van der Waals surface area contributed by atoms with E-state index in [4.69, 9.17) is 4.98 Å². The lowest BCUT2D eigenvalue weighted by molar-refractivity contribution is 0.302. The molecule has 31 heavy (non-hydrogen) atoms. The van der Waals surface area contributed by atoms with Gasteiger partial charge in [0, 0.05) is 17.9 Å². The first-order valence-corrected chi connectivity index (χ1v) is 11.3. The van der Waals surface area contributed by atoms with Crippen LogP contribution < -0.4 is 5.32 Å². The molecule has 4 heterocycles. The monoisotopic (exact) mass is 428 g/mol. The highest BCUT2D eigenvalue weighted by atomic mass is 32.1. The number of hydrogen-bond donors (Lipinski definition) is 1. The fraction of sp³-hybridized carbons (Fsp3) is 0.308. The van der Waals surface area contributed by atoms with Gasteiger partial charge in [0.15, 0.2) is 0 Å². The van der Waals surface area contributed by atoms with Crippen LogP contribution in [-0.2, 0) is 0 Å². The summed E-state index contributed by atoms with van der Waals surface area (Å²) in [6.45, 7) is 11.3. The maximum absolute atomic E-state index is 4.95. The highest BCUT2D eigenvalue weighted by Gasteiger charge is 2.28. The quantitative estimate of drug-likeness (QED) is 0.378. The first-order valence-electron chi connectivity index (χ1n) is 10.5. The summed E-state index contributed by atoms with van der Waals surface area (Å²) in [5.41, 5.74) is 2.80. The molecule has 0 radical (unpaired) electrons. The molecule has 5 heteroatoms. The molecule has 4 aromatic heterocycles. The van der Waals surface area contributed by atoms with Gasteiger partial charge in [0.05, 0.1) is 9.75 Å². The van der Waals surface area contributed by atoms with Gasteiger partial charge >= 0.3 is 0 Å². The van der Waals surface area contributed by atoms with Crippen LogP contribution in [0.25, 0.3) is 16.2 Å². The first-order chi connectivity index (χ1) is 14.7. The first kappa shape index (κ1) is 21.1. The normalized spacial score (nSPS) is 11.9. The summed E-state index contributed by atoms with van der Waals surface area (Å²) in [4.78, 5) is 11.3. The molecule has 1 N–H and O–H groups in total. The Morgan fingerprint density at radius 1 is 0.968 bits per heavy atom. The fourth-order valence-corrected chi connectivity index (χ4v) is 4.92. The van der Waals surface area contributed by atoms with Crippen molar-refractivity contribution in [2.75, 3.05) is 5.32 Å². The van der Waals surface area contributed by atoms with Crippen molar-refractivity contribution < 1.29 is 0 Å². The van der Waals surface area contributed by atoms with Gasteiger partial charge < -0.3 is 5.32 Å². The Labute approximate surface area is 188 Å². The van der Waals surface area contributed by atoms with Crippen LogP contribution >= 0.6 is 11.3 Å². The Kier molecular flexibility index (Phi) is 5.60. The molecule has 0 fully saturated rings. The van der Waals surface area contributed by atoms with E-state index in [0.29, 0.717) is 0 Å². The zero-order valence-corrected chi connectivity index (χ0v) is 19.5. The average Bonchev–Trinajstić information content (AvgIpc) is 3.30. The molecular formula is C26H28N4S. The van der Waals surface area contributed by atoms with E-state index in [1.54, 1.807) is 17.5 Å². The predicted molar refractivity (Wildman–Crippen MR) is 130 cm³/mol. The molecule has 4 aromatic rings. The number of pyridine rings is 2. The van der Waals surface area contributed by atoms with E-state index in [-0.39, 0.29) is 11.0 Å². The summed E-state index contributed by atoms with van der Waals surface area (Å²) in [5.74, 6) is 7.40. The summed E-state index contributed by atoms with van der Waals surface area (Å²) < 4.78 is 2.14. The molecule has 4 rings (SSSR count). The molecule has 0 saturated carbocycles. The van der Waals surface area contributed by atoms with Crippen molar-refractivity contribution in [2.24, 2.45) is 5.41 Å². The standard InChI is InChI=1S/C26H28N4S/c1-25(2,3)18-26(4,5)29-24-23(28-22-11-7-9-17-30(22)24)21-15-14-20(31-21)13-12-19-10-6-8-16-27-19/h6-11,14-17,29H,18H2,1-5H3. The smallest absolute Gasteiger partial charge is 0.140 e. The van der Waals surface area contributed by atoms with Crippen LogP contribution in [0, 0.1) is 17.3 Å². The van der Waals surface area contributed by atoms with Crippen LogP contribution in [0.5, 0.6) is 0 Å². The van der Waals surface area contributed by atoms with E-state index in [0.717, 1.165) is 39.0 Å². The zero-order chi connectivity index (χ0) is 22.1. The van der Waals surface area contributed by atoms with Gasteiger partial charge in [0.2, 0.25) is 0 Å². The number of anilines is 1. The summed E-state index contributed by atoms with van der Waals surface area (Å²) in [5, 5.41) is 3.79. The van der Waals surface area contributed by atoms with Crippen molar-refractivity contribution >= 4 is 22.8 Å². The van der Waals surface area contributed by atoms with E-state index in [1.165, 1.54) is 0 Å². The van der Waals surface area contributed by atoms with Gasteiger partial charge in [-0.3, -0.25) is 4.40 Å². The van der Waals surface area contributed by atoms with Gasteiger partial charge in [-0.15, -0.1) is 11.3 Å². The third-order valence-corrected chi connectivity index (χ3v) is 5.78. The second kappa shape index (κ2) is 8.20. The number of thiophene rings is 1. The molecular weight excluding hydrogens is 400 g/mol. The molecule has 0 aliphatic carbocycles. The molecule has 4 nitrogen and oxygen atoms in total.